The number of alkyl halides is 3. The number of carbonyl (C=O) groups is 3. The average Bonchev–Trinajstić information content (AvgIpc) is 2.79. The molecule has 0 saturated heterocycles. The Balaban J connectivity index is 0.000000809. The maximum absolute atomic E-state index is 13.0. The number of halogens is 4. The average molecular weight is 533 g/mol. The minimum Gasteiger partial charge on any atom is -0.492 e. The van der Waals surface area contributed by atoms with E-state index in [2.05, 4.69) is 10.3 Å². The molecule has 1 aromatic carbocycles. The van der Waals surface area contributed by atoms with Crippen molar-refractivity contribution in [3.8, 4) is 5.75 Å². The number of primary amides is 1. The summed E-state index contributed by atoms with van der Waals surface area (Å²) in [4.78, 5) is 38.6. The number of pyridine rings is 1. The highest BCUT2D eigenvalue weighted by Crippen LogP contribution is 2.23. The summed E-state index contributed by atoms with van der Waals surface area (Å²) in [6.45, 7) is 5.78. The van der Waals surface area contributed by atoms with Crippen LogP contribution >= 0.6 is 11.6 Å². The van der Waals surface area contributed by atoms with E-state index < -0.39 is 18.1 Å². The van der Waals surface area contributed by atoms with Gasteiger partial charge < -0.3 is 25.8 Å². The lowest BCUT2D eigenvalue weighted by Crippen LogP contribution is -2.36. The van der Waals surface area contributed by atoms with Gasteiger partial charge in [-0.2, -0.15) is 13.2 Å². The number of carboxylic acid groups (broad SMARTS) is 1. The number of carboxylic acids is 1. The Morgan fingerprint density at radius 2 is 1.81 bits per heavy atom. The van der Waals surface area contributed by atoms with Crippen LogP contribution in [0.3, 0.4) is 0 Å². The molecule has 1 aromatic heterocycles. The summed E-state index contributed by atoms with van der Waals surface area (Å²) in [7, 11) is 0. The molecule has 0 atom stereocenters. The van der Waals surface area contributed by atoms with E-state index >= 15 is 0 Å². The molecule has 0 saturated carbocycles. The number of rotatable bonds is 11. The van der Waals surface area contributed by atoms with Crippen LogP contribution in [-0.4, -0.2) is 65.2 Å². The third-order valence-electron chi connectivity index (χ3n) is 4.24. The first-order chi connectivity index (χ1) is 16.8. The van der Waals surface area contributed by atoms with Crippen molar-refractivity contribution in [1.82, 2.24) is 9.88 Å². The van der Waals surface area contributed by atoms with Crippen LogP contribution < -0.4 is 15.8 Å². The van der Waals surface area contributed by atoms with Gasteiger partial charge >= 0.3 is 12.1 Å². The van der Waals surface area contributed by atoms with Crippen molar-refractivity contribution in [3.63, 3.8) is 0 Å². The van der Waals surface area contributed by atoms with E-state index in [4.69, 9.17) is 32.0 Å². The first kappa shape index (κ1) is 30.5. The number of nitrogens with two attached hydrogens (primary N) is 1. The van der Waals surface area contributed by atoms with Gasteiger partial charge in [-0.25, -0.2) is 4.79 Å². The predicted octanol–water partition coefficient (Wildman–Crippen LogP) is 3.83. The van der Waals surface area contributed by atoms with Crippen molar-refractivity contribution in [2.45, 2.75) is 26.4 Å². The second-order valence-electron chi connectivity index (χ2n) is 7.85. The van der Waals surface area contributed by atoms with Crippen LogP contribution in [0, 0.1) is 5.92 Å². The van der Waals surface area contributed by atoms with E-state index in [0.29, 0.717) is 36.0 Å². The van der Waals surface area contributed by atoms with Gasteiger partial charge in [0.1, 0.15) is 12.4 Å². The van der Waals surface area contributed by atoms with Crippen molar-refractivity contribution in [3.05, 3.63) is 53.3 Å². The fourth-order valence-electron chi connectivity index (χ4n) is 2.75. The number of ether oxygens (including phenoxy) is 1. The fourth-order valence-corrected chi connectivity index (χ4v) is 2.97. The molecule has 9 nitrogen and oxygen atoms in total. The summed E-state index contributed by atoms with van der Waals surface area (Å²) in [5.74, 6) is -2.64. The van der Waals surface area contributed by atoms with Gasteiger partial charge in [0.2, 0.25) is 5.91 Å². The summed E-state index contributed by atoms with van der Waals surface area (Å²) < 4.78 is 37.5. The zero-order valence-corrected chi connectivity index (χ0v) is 20.5. The van der Waals surface area contributed by atoms with E-state index in [9.17, 15) is 22.8 Å². The fraction of sp³-hybridized carbons (Fsp3) is 0.391. The minimum atomic E-state index is -5.08. The highest BCUT2D eigenvalue weighted by molar-refractivity contribution is 6.31. The smallest absolute Gasteiger partial charge is 0.490 e. The van der Waals surface area contributed by atoms with Crippen molar-refractivity contribution in [1.29, 1.82) is 0 Å². The van der Waals surface area contributed by atoms with Gasteiger partial charge in [0.25, 0.3) is 5.91 Å². The van der Waals surface area contributed by atoms with Gasteiger partial charge in [-0.15, -0.1) is 0 Å². The van der Waals surface area contributed by atoms with Crippen molar-refractivity contribution in [2.75, 3.05) is 31.6 Å². The molecule has 0 fully saturated rings. The van der Waals surface area contributed by atoms with Gasteiger partial charge in [0, 0.05) is 54.7 Å². The van der Waals surface area contributed by atoms with Crippen LogP contribution in [0.4, 0.5) is 18.9 Å². The number of carbonyl (C=O) groups excluding carboxylic acids is 2. The Labute approximate surface area is 211 Å². The molecule has 13 heteroatoms. The minimum absolute atomic E-state index is 0.114. The molecule has 0 aliphatic carbocycles. The zero-order valence-electron chi connectivity index (χ0n) is 19.7. The summed E-state index contributed by atoms with van der Waals surface area (Å²) in [6, 6.07) is 8.67. The third kappa shape index (κ3) is 12.2. The van der Waals surface area contributed by atoms with Crippen LogP contribution in [0.5, 0.6) is 5.75 Å². The van der Waals surface area contributed by atoms with E-state index in [1.54, 1.807) is 35.5 Å². The van der Waals surface area contributed by atoms with Gasteiger partial charge in [0.15, 0.2) is 0 Å². The molecule has 198 valence electrons. The number of hydrogen-bond donors (Lipinski definition) is 3. The molecule has 0 radical (unpaired) electrons. The molecular weight excluding hydrogens is 505 g/mol. The maximum atomic E-state index is 13.0. The summed E-state index contributed by atoms with van der Waals surface area (Å²) >= 11 is 6.19. The first-order valence-corrected chi connectivity index (χ1v) is 11.1. The molecule has 4 N–H and O–H groups in total. The highest BCUT2D eigenvalue weighted by atomic mass is 35.5. The zero-order chi connectivity index (χ0) is 27.3. The van der Waals surface area contributed by atoms with Gasteiger partial charge in [0.05, 0.1) is 0 Å². The first-order valence-electron chi connectivity index (χ1n) is 10.7. The lowest BCUT2D eigenvalue weighted by Gasteiger charge is -2.24. The van der Waals surface area contributed by atoms with E-state index in [0.717, 1.165) is 5.69 Å². The van der Waals surface area contributed by atoms with Crippen LogP contribution in [-0.2, 0) is 9.59 Å². The van der Waals surface area contributed by atoms with E-state index in [1.165, 1.54) is 0 Å². The van der Waals surface area contributed by atoms with Crippen LogP contribution in [0.25, 0.3) is 0 Å². The standard InChI is InChI=1S/C21H27ClN4O3.C2HF3O2/c1-15(2)14-26(9-5-20(23)27)21(28)16-11-17(22)13-19(12-16)29-10-8-25-18-3-6-24-7-4-18;3-2(4,5)1(6)7/h3-4,6-7,11-13,15H,5,8-10,14H2,1-2H3,(H2,23,27)(H,24,25);(H,6,7). The van der Waals surface area contributed by atoms with Crippen LogP contribution in [0.2, 0.25) is 5.02 Å². The highest BCUT2D eigenvalue weighted by Gasteiger charge is 2.38. The van der Waals surface area contributed by atoms with Gasteiger partial charge in [-0.3, -0.25) is 14.6 Å². The van der Waals surface area contributed by atoms with Crippen molar-refractivity contribution in [2.24, 2.45) is 11.7 Å². The number of benzene rings is 1. The Morgan fingerprint density at radius 1 is 1.19 bits per heavy atom. The number of anilines is 1. The predicted molar refractivity (Wildman–Crippen MR) is 128 cm³/mol. The Hall–Kier alpha value is -3.54. The SMILES string of the molecule is CC(C)CN(CCC(N)=O)C(=O)c1cc(Cl)cc(OCCNc2ccncc2)c1.O=C(O)C(F)(F)F. The lowest BCUT2D eigenvalue weighted by atomic mass is 10.1. The topological polar surface area (TPSA) is 135 Å². The number of hydrogen-bond acceptors (Lipinski definition) is 6. The Kier molecular flexibility index (Phi) is 12.5. The molecule has 2 aromatic rings. The molecule has 2 rings (SSSR count). The number of amides is 2. The van der Waals surface area contributed by atoms with Crippen molar-refractivity contribution < 1.29 is 37.4 Å². The number of aliphatic carboxylic acids is 1. The molecule has 36 heavy (non-hydrogen) atoms. The van der Waals surface area contributed by atoms with Crippen LogP contribution in [0.15, 0.2) is 42.7 Å². The molecule has 2 amide bonds. The molecule has 0 bridgehead atoms. The molecule has 1 heterocycles. The molecule has 0 aliphatic rings. The molecular formula is C23H28ClF3N4O5. The van der Waals surface area contributed by atoms with Gasteiger partial charge in [-0.1, -0.05) is 25.4 Å². The largest absolute Gasteiger partial charge is 0.492 e. The monoisotopic (exact) mass is 532 g/mol. The number of nitrogens with one attached hydrogen (secondary N) is 1. The molecule has 0 unspecified atom stereocenters. The lowest BCUT2D eigenvalue weighted by molar-refractivity contribution is -0.192. The van der Waals surface area contributed by atoms with Crippen LogP contribution in [0.1, 0.15) is 30.6 Å². The Morgan fingerprint density at radius 3 is 2.33 bits per heavy atom. The molecule has 0 aliphatic heterocycles. The van der Waals surface area contributed by atoms with Crippen molar-refractivity contribution >= 4 is 35.1 Å². The van der Waals surface area contributed by atoms with E-state index in [-0.39, 0.29) is 24.8 Å². The second-order valence-corrected chi connectivity index (χ2v) is 8.29. The summed E-state index contributed by atoms with van der Waals surface area (Å²) in [6.07, 6.45) is -1.55. The van der Waals surface area contributed by atoms with E-state index in [1.807, 2.05) is 26.0 Å². The second kappa shape index (κ2) is 14.8. The number of aromatic nitrogens is 1. The third-order valence-corrected chi connectivity index (χ3v) is 4.46. The normalized spacial score (nSPS) is 10.8. The summed E-state index contributed by atoms with van der Waals surface area (Å²) in [5, 5.41) is 10.8. The Bertz CT molecular complexity index is 1010. The quantitative estimate of drug-likeness (QED) is 0.374. The molecule has 0 spiro atoms. The maximum Gasteiger partial charge on any atom is 0.490 e. The number of nitrogens with zero attached hydrogens (tertiary/aromatic N) is 2. The summed E-state index contributed by atoms with van der Waals surface area (Å²) in [5.41, 5.74) is 6.61. The van der Waals surface area contributed by atoms with Gasteiger partial charge in [-0.05, 0) is 36.2 Å².